The van der Waals surface area contributed by atoms with Crippen molar-refractivity contribution in [1.82, 2.24) is 15.1 Å². The molecular weight excluding hydrogens is 324 g/mol. The molecule has 1 fully saturated rings. The van der Waals surface area contributed by atoms with Gasteiger partial charge in [-0.3, -0.25) is 9.69 Å². The summed E-state index contributed by atoms with van der Waals surface area (Å²) in [4.78, 5) is 16.7. The van der Waals surface area contributed by atoms with Gasteiger partial charge in [0.15, 0.2) is 16.8 Å². The third-order valence-electron chi connectivity index (χ3n) is 4.36. The Bertz CT molecular complexity index is 699. The first kappa shape index (κ1) is 16.9. The zero-order valence-corrected chi connectivity index (χ0v) is 14.5. The van der Waals surface area contributed by atoms with Crippen LogP contribution in [-0.2, 0) is 0 Å². The molecule has 0 bridgehead atoms. The Morgan fingerprint density at radius 1 is 1.12 bits per heavy atom. The van der Waals surface area contributed by atoms with Gasteiger partial charge in [0.25, 0.3) is 0 Å². The monoisotopic (exact) mass is 344 g/mol. The number of rotatable bonds is 5. The molecule has 0 unspecified atom stereocenters. The molecule has 1 aromatic carbocycles. The molecule has 1 aliphatic rings. The molecule has 1 aliphatic heterocycles. The number of piperazine rings is 1. The van der Waals surface area contributed by atoms with Crippen molar-refractivity contribution >= 4 is 23.2 Å². The van der Waals surface area contributed by atoms with Gasteiger partial charge in [-0.2, -0.15) is 0 Å². The van der Waals surface area contributed by atoms with Gasteiger partial charge in [-0.05, 0) is 18.6 Å². The quantitative estimate of drug-likeness (QED) is 0.781. The summed E-state index contributed by atoms with van der Waals surface area (Å²) < 4.78 is 0. The predicted molar refractivity (Wildman–Crippen MR) is 95.8 cm³/mol. The number of nitrogens with zero attached hydrogens (tertiary/aromatic N) is 4. The summed E-state index contributed by atoms with van der Waals surface area (Å²) in [6.07, 6.45) is 0.559. The van der Waals surface area contributed by atoms with E-state index in [1.54, 1.807) is 0 Å². The number of halogens is 1. The number of Topliss-reactive ketones (excluding diaryl/α,β-unsaturated/α-hetero) is 1. The summed E-state index contributed by atoms with van der Waals surface area (Å²) in [5.41, 5.74) is 1.74. The Labute approximate surface area is 147 Å². The van der Waals surface area contributed by atoms with Gasteiger partial charge >= 0.3 is 0 Å². The zero-order valence-electron chi connectivity index (χ0n) is 13.8. The maximum absolute atomic E-state index is 12.2. The molecule has 126 valence electrons. The lowest BCUT2D eigenvalue weighted by atomic mass is 10.1. The van der Waals surface area contributed by atoms with E-state index in [4.69, 9.17) is 11.6 Å². The number of anilines is 1. The first-order valence-corrected chi connectivity index (χ1v) is 8.56. The summed E-state index contributed by atoms with van der Waals surface area (Å²) >= 11 is 5.93. The van der Waals surface area contributed by atoms with Crippen LogP contribution in [0.5, 0.6) is 0 Å². The molecule has 2 aromatic rings. The van der Waals surface area contributed by atoms with Crippen molar-refractivity contribution in [3.8, 4) is 0 Å². The molecule has 0 saturated carbocycles. The fourth-order valence-electron chi connectivity index (χ4n) is 2.84. The zero-order chi connectivity index (χ0) is 16.9. The first-order valence-electron chi connectivity index (χ1n) is 8.19. The van der Waals surface area contributed by atoms with Gasteiger partial charge in [-0.1, -0.05) is 41.9 Å². The van der Waals surface area contributed by atoms with Crippen molar-refractivity contribution in [2.45, 2.75) is 13.3 Å². The van der Waals surface area contributed by atoms with Crippen LogP contribution < -0.4 is 4.90 Å². The average Bonchev–Trinajstić information content (AvgIpc) is 2.63. The molecule has 0 spiro atoms. The fourth-order valence-corrected chi connectivity index (χ4v) is 2.93. The number of aryl methyl sites for hydroxylation is 1. The van der Waals surface area contributed by atoms with E-state index in [0.29, 0.717) is 11.6 Å². The van der Waals surface area contributed by atoms with Gasteiger partial charge in [0, 0.05) is 44.7 Å². The minimum Gasteiger partial charge on any atom is -0.353 e. The minimum atomic E-state index is 0.206. The predicted octanol–water partition coefficient (Wildman–Crippen LogP) is 2.83. The van der Waals surface area contributed by atoms with E-state index < -0.39 is 0 Å². The first-order chi connectivity index (χ1) is 11.6. The third-order valence-corrected chi connectivity index (χ3v) is 4.73. The smallest absolute Gasteiger partial charge is 0.164 e. The summed E-state index contributed by atoms with van der Waals surface area (Å²) in [5, 5.41) is 8.61. The van der Waals surface area contributed by atoms with Gasteiger partial charge in [0.05, 0.1) is 0 Å². The van der Waals surface area contributed by atoms with Crippen LogP contribution in [0.2, 0.25) is 5.15 Å². The van der Waals surface area contributed by atoms with E-state index in [1.807, 2.05) is 43.3 Å². The molecule has 3 rings (SSSR count). The maximum Gasteiger partial charge on any atom is 0.164 e. The van der Waals surface area contributed by atoms with Gasteiger partial charge in [0.2, 0.25) is 0 Å². The summed E-state index contributed by atoms with van der Waals surface area (Å²) in [6.45, 7) is 6.35. The van der Waals surface area contributed by atoms with Crippen molar-refractivity contribution in [1.29, 1.82) is 0 Å². The molecule has 0 atom stereocenters. The Morgan fingerprint density at radius 3 is 2.50 bits per heavy atom. The van der Waals surface area contributed by atoms with E-state index in [2.05, 4.69) is 20.0 Å². The highest BCUT2D eigenvalue weighted by Crippen LogP contribution is 2.18. The Kier molecular flexibility index (Phi) is 5.43. The average molecular weight is 345 g/mol. The number of carbonyl (C=O) groups is 1. The largest absolute Gasteiger partial charge is 0.353 e. The highest BCUT2D eigenvalue weighted by Gasteiger charge is 2.19. The van der Waals surface area contributed by atoms with Crippen LogP contribution in [-0.4, -0.2) is 53.6 Å². The van der Waals surface area contributed by atoms with Crippen LogP contribution in [0.25, 0.3) is 0 Å². The van der Waals surface area contributed by atoms with Crippen LogP contribution in [0, 0.1) is 6.92 Å². The normalized spacial score (nSPS) is 15.5. The van der Waals surface area contributed by atoms with Gasteiger partial charge in [-0.15, -0.1) is 10.2 Å². The topological polar surface area (TPSA) is 49.3 Å². The minimum absolute atomic E-state index is 0.206. The van der Waals surface area contributed by atoms with Crippen molar-refractivity contribution in [2.75, 3.05) is 37.6 Å². The SMILES string of the molecule is Cc1cc(N2CCN(CCC(=O)c3ccccc3)CC2)nnc1Cl. The van der Waals surface area contributed by atoms with Gasteiger partial charge < -0.3 is 4.90 Å². The van der Waals surface area contributed by atoms with Crippen LogP contribution in [0.1, 0.15) is 22.3 Å². The lowest BCUT2D eigenvalue weighted by molar-refractivity contribution is 0.0962. The van der Waals surface area contributed by atoms with E-state index in [0.717, 1.165) is 49.7 Å². The number of hydrogen-bond donors (Lipinski definition) is 0. The van der Waals surface area contributed by atoms with E-state index in [1.165, 1.54) is 0 Å². The number of aromatic nitrogens is 2. The van der Waals surface area contributed by atoms with Gasteiger partial charge in [-0.25, -0.2) is 0 Å². The fraction of sp³-hybridized carbons (Fsp3) is 0.389. The van der Waals surface area contributed by atoms with E-state index >= 15 is 0 Å². The lowest BCUT2D eigenvalue weighted by Crippen LogP contribution is -2.47. The molecule has 24 heavy (non-hydrogen) atoms. The van der Waals surface area contributed by atoms with Crippen molar-refractivity contribution in [3.05, 3.63) is 52.7 Å². The molecule has 1 saturated heterocycles. The highest BCUT2D eigenvalue weighted by atomic mass is 35.5. The summed E-state index contributed by atoms with van der Waals surface area (Å²) in [6, 6.07) is 11.5. The van der Waals surface area contributed by atoms with Crippen LogP contribution in [0.4, 0.5) is 5.82 Å². The van der Waals surface area contributed by atoms with Crippen LogP contribution in [0.15, 0.2) is 36.4 Å². The van der Waals surface area contributed by atoms with Gasteiger partial charge in [0.1, 0.15) is 0 Å². The number of benzene rings is 1. The van der Waals surface area contributed by atoms with E-state index in [9.17, 15) is 4.79 Å². The summed E-state index contributed by atoms with van der Waals surface area (Å²) in [7, 11) is 0. The maximum atomic E-state index is 12.2. The second kappa shape index (κ2) is 7.73. The van der Waals surface area contributed by atoms with E-state index in [-0.39, 0.29) is 5.78 Å². The standard InChI is InChI=1S/C18H21ClN4O/c1-14-13-17(20-21-18(14)19)23-11-9-22(10-12-23)8-7-16(24)15-5-3-2-4-6-15/h2-6,13H,7-12H2,1H3. The highest BCUT2D eigenvalue weighted by molar-refractivity contribution is 6.30. The summed E-state index contributed by atoms with van der Waals surface area (Å²) in [5.74, 6) is 1.08. The lowest BCUT2D eigenvalue weighted by Gasteiger charge is -2.35. The van der Waals surface area contributed by atoms with Crippen molar-refractivity contribution in [3.63, 3.8) is 0 Å². The number of hydrogen-bond acceptors (Lipinski definition) is 5. The molecule has 5 nitrogen and oxygen atoms in total. The molecule has 2 heterocycles. The molecule has 0 radical (unpaired) electrons. The molecule has 0 amide bonds. The van der Waals surface area contributed by atoms with Crippen LogP contribution in [0.3, 0.4) is 0 Å². The molecule has 0 N–H and O–H groups in total. The molecular formula is C18H21ClN4O. The Balaban J connectivity index is 1.48. The second-order valence-electron chi connectivity index (χ2n) is 6.04. The molecule has 0 aliphatic carbocycles. The molecule has 6 heteroatoms. The second-order valence-corrected chi connectivity index (χ2v) is 6.40. The third kappa shape index (κ3) is 4.10. The number of ketones is 1. The molecule has 1 aromatic heterocycles. The van der Waals surface area contributed by atoms with Crippen LogP contribution >= 0.6 is 11.6 Å². The number of carbonyl (C=O) groups excluding carboxylic acids is 1. The Hall–Kier alpha value is -1.98. The van der Waals surface area contributed by atoms with Crippen molar-refractivity contribution in [2.24, 2.45) is 0 Å². The Morgan fingerprint density at radius 2 is 1.83 bits per heavy atom. The van der Waals surface area contributed by atoms with Crippen molar-refractivity contribution < 1.29 is 4.79 Å².